The minimum Gasteiger partial charge on any atom is -0.341 e. The molecule has 1 saturated heterocycles. The van der Waals surface area contributed by atoms with E-state index in [0.29, 0.717) is 0 Å². The third-order valence-corrected chi connectivity index (χ3v) is 3.12. The van der Waals surface area contributed by atoms with Crippen molar-refractivity contribution >= 4 is 18.0 Å². The van der Waals surface area contributed by atoms with Gasteiger partial charge >= 0.3 is 0 Å². The molecule has 0 N–H and O–H groups in total. The van der Waals surface area contributed by atoms with E-state index in [2.05, 4.69) is 16.9 Å². The summed E-state index contributed by atoms with van der Waals surface area (Å²) >= 11 is 0. The predicted octanol–water partition coefficient (Wildman–Crippen LogP) is -0.0661. The van der Waals surface area contributed by atoms with Crippen LogP contribution < -0.4 is 0 Å². The van der Waals surface area contributed by atoms with Crippen molar-refractivity contribution in [3.63, 3.8) is 0 Å². The van der Waals surface area contributed by atoms with Crippen LogP contribution in [-0.4, -0.2) is 61.1 Å². The minimum atomic E-state index is -0.365. The summed E-state index contributed by atoms with van der Waals surface area (Å²) in [6.07, 6.45) is 5.44. The summed E-state index contributed by atoms with van der Waals surface area (Å²) in [5.74, 6) is -0.603. The lowest BCUT2D eigenvalue weighted by atomic mass is 10.1. The normalized spacial score (nSPS) is 26.1. The van der Waals surface area contributed by atoms with Gasteiger partial charge in [-0.15, -0.1) is 0 Å². The van der Waals surface area contributed by atoms with Crippen LogP contribution in [0.4, 0.5) is 0 Å². The highest BCUT2D eigenvalue weighted by Gasteiger charge is 2.24. The van der Waals surface area contributed by atoms with Gasteiger partial charge in [0.15, 0.2) is 0 Å². The van der Waals surface area contributed by atoms with Crippen molar-refractivity contribution in [2.24, 2.45) is 10.9 Å². The molecule has 2 heterocycles. The fraction of sp³-hybridized carbons (Fsp3) is 0.583. The van der Waals surface area contributed by atoms with E-state index in [1.807, 2.05) is 4.90 Å². The zero-order valence-corrected chi connectivity index (χ0v) is 10.0. The third kappa shape index (κ3) is 3.00. The second kappa shape index (κ2) is 5.23. The van der Waals surface area contributed by atoms with E-state index in [4.69, 9.17) is 0 Å². The van der Waals surface area contributed by atoms with Crippen LogP contribution in [0.15, 0.2) is 17.1 Å². The molecule has 0 aliphatic carbocycles. The van der Waals surface area contributed by atoms with Crippen LogP contribution in [0, 0.1) is 5.92 Å². The number of amides is 2. The lowest BCUT2D eigenvalue weighted by molar-refractivity contribution is -0.131. The first-order valence-corrected chi connectivity index (χ1v) is 5.90. The molecule has 0 bridgehead atoms. The van der Waals surface area contributed by atoms with Gasteiger partial charge in [-0.25, -0.2) is 4.99 Å². The number of dihydropyridines is 1. The first-order valence-electron chi connectivity index (χ1n) is 5.90. The molecule has 5 nitrogen and oxygen atoms in total. The zero-order chi connectivity index (χ0) is 12.3. The number of carbonyl (C=O) groups excluding carboxylic acids is 2. The maximum Gasteiger partial charge on any atom is 0.269 e. The van der Waals surface area contributed by atoms with Crippen molar-refractivity contribution in [1.29, 1.82) is 0 Å². The summed E-state index contributed by atoms with van der Waals surface area (Å²) in [4.78, 5) is 30.8. The van der Waals surface area contributed by atoms with E-state index >= 15 is 0 Å². The van der Waals surface area contributed by atoms with Gasteiger partial charge in [-0.05, 0) is 20.0 Å². The fourth-order valence-electron chi connectivity index (χ4n) is 2.06. The van der Waals surface area contributed by atoms with Crippen LogP contribution in [0.5, 0.6) is 0 Å². The maximum absolute atomic E-state index is 12.2. The van der Waals surface area contributed by atoms with Gasteiger partial charge in [0.25, 0.3) is 5.91 Å². The summed E-state index contributed by atoms with van der Waals surface area (Å²) in [7, 11) is 2.06. The van der Waals surface area contributed by atoms with Gasteiger partial charge < -0.3 is 9.80 Å². The molecule has 5 heteroatoms. The summed E-state index contributed by atoms with van der Waals surface area (Å²) < 4.78 is 0. The first kappa shape index (κ1) is 12.0. The Balaban J connectivity index is 1.97. The second-order valence-corrected chi connectivity index (χ2v) is 4.48. The smallest absolute Gasteiger partial charge is 0.269 e. The minimum absolute atomic E-state index is 0.0489. The van der Waals surface area contributed by atoms with Gasteiger partial charge in [-0.3, -0.25) is 9.59 Å². The SMILES string of the molecule is CN1CCCN(C(=O)C2C=CC(=O)N=C2)CC1. The van der Waals surface area contributed by atoms with Crippen LogP contribution in [0.2, 0.25) is 0 Å². The molecule has 0 radical (unpaired) electrons. The van der Waals surface area contributed by atoms with Crippen molar-refractivity contribution in [3.8, 4) is 0 Å². The molecule has 2 amide bonds. The molecular formula is C12H17N3O2. The molecule has 2 aliphatic heterocycles. The molecule has 0 aromatic carbocycles. The van der Waals surface area contributed by atoms with E-state index in [1.165, 1.54) is 12.3 Å². The van der Waals surface area contributed by atoms with Crippen molar-refractivity contribution in [3.05, 3.63) is 12.2 Å². The van der Waals surface area contributed by atoms with Crippen LogP contribution in [-0.2, 0) is 9.59 Å². The number of rotatable bonds is 1. The predicted molar refractivity (Wildman–Crippen MR) is 64.8 cm³/mol. The summed E-state index contributed by atoms with van der Waals surface area (Å²) in [6, 6.07) is 0. The van der Waals surface area contributed by atoms with Gasteiger partial charge in [-0.1, -0.05) is 6.08 Å². The summed E-state index contributed by atoms with van der Waals surface area (Å²) in [5.41, 5.74) is 0. The number of carbonyl (C=O) groups is 2. The molecule has 0 aromatic rings. The fourth-order valence-corrected chi connectivity index (χ4v) is 2.06. The summed E-state index contributed by atoms with van der Waals surface area (Å²) in [6.45, 7) is 3.46. The molecule has 1 atom stereocenters. The molecule has 92 valence electrons. The van der Waals surface area contributed by atoms with E-state index < -0.39 is 0 Å². The molecule has 0 saturated carbocycles. The quantitative estimate of drug-likeness (QED) is 0.639. The molecule has 17 heavy (non-hydrogen) atoms. The molecule has 1 fully saturated rings. The molecule has 0 spiro atoms. The Morgan fingerprint density at radius 1 is 1.35 bits per heavy atom. The average molecular weight is 235 g/mol. The Labute approximate surface area is 101 Å². The van der Waals surface area contributed by atoms with Crippen LogP contribution in [0.1, 0.15) is 6.42 Å². The largest absolute Gasteiger partial charge is 0.341 e. The molecule has 2 rings (SSSR count). The Morgan fingerprint density at radius 2 is 2.18 bits per heavy atom. The van der Waals surface area contributed by atoms with E-state index in [9.17, 15) is 9.59 Å². The number of nitrogens with zero attached hydrogens (tertiary/aromatic N) is 3. The Bertz CT molecular complexity index is 360. The Kier molecular flexibility index (Phi) is 3.68. The zero-order valence-electron chi connectivity index (χ0n) is 10.0. The van der Waals surface area contributed by atoms with Gasteiger partial charge in [0.1, 0.15) is 0 Å². The Morgan fingerprint density at radius 3 is 2.88 bits per heavy atom. The summed E-state index contributed by atoms with van der Waals surface area (Å²) in [5, 5.41) is 0. The van der Waals surface area contributed by atoms with Gasteiger partial charge in [-0.2, -0.15) is 0 Å². The first-order chi connectivity index (χ1) is 8.16. The standard InChI is InChI=1S/C12H17N3O2/c1-14-5-2-6-15(8-7-14)12(17)10-3-4-11(16)13-9-10/h3-4,9-10H,2,5-8H2,1H3. The number of hydrogen-bond donors (Lipinski definition) is 0. The van der Waals surface area contributed by atoms with Gasteiger partial charge in [0.2, 0.25) is 5.91 Å². The second-order valence-electron chi connectivity index (χ2n) is 4.48. The van der Waals surface area contributed by atoms with Crippen molar-refractivity contribution in [1.82, 2.24) is 9.80 Å². The molecule has 1 unspecified atom stereocenters. The lowest BCUT2D eigenvalue weighted by Gasteiger charge is -2.23. The average Bonchev–Trinajstić information content (AvgIpc) is 2.54. The van der Waals surface area contributed by atoms with Crippen LogP contribution >= 0.6 is 0 Å². The topological polar surface area (TPSA) is 53.0 Å². The molecule has 2 aliphatic rings. The van der Waals surface area contributed by atoms with E-state index in [1.54, 1.807) is 6.08 Å². The number of likely N-dealkylation sites (N-methyl/N-ethyl adjacent to an activating group) is 1. The lowest BCUT2D eigenvalue weighted by Crippen LogP contribution is -2.39. The van der Waals surface area contributed by atoms with E-state index in [-0.39, 0.29) is 17.7 Å². The maximum atomic E-state index is 12.2. The molecule has 0 aromatic heterocycles. The number of hydrogen-bond acceptors (Lipinski definition) is 3. The van der Waals surface area contributed by atoms with E-state index in [0.717, 1.165) is 32.6 Å². The van der Waals surface area contributed by atoms with Crippen molar-refractivity contribution < 1.29 is 9.59 Å². The highest BCUT2D eigenvalue weighted by Crippen LogP contribution is 2.10. The van der Waals surface area contributed by atoms with Crippen LogP contribution in [0.25, 0.3) is 0 Å². The Hall–Kier alpha value is -1.49. The third-order valence-electron chi connectivity index (χ3n) is 3.12. The van der Waals surface area contributed by atoms with Gasteiger partial charge in [0.05, 0.1) is 5.92 Å². The van der Waals surface area contributed by atoms with Crippen molar-refractivity contribution in [2.75, 3.05) is 33.2 Å². The molecular weight excluding hydrogens is 218 g/mol. The number of aliphatic imine (C=N–C) groups is 1. The van der Waals surface area contributed by atoms with Gasteiger partial charge in [0, 0.05) is 31.9 Å². The highest BCUT2D eigenvalue weighted by molar-refractivity contribution is 6.05. The van der Waals surface area contributed by atoms with Crippen LogP contribution in [0.3, 0.4) is 0 Å². The van der Waals surface area contributed by atoms with Crippen molar-refractivity contribution in [2.45, 2.75) is 6.42 Å². The highest BCUT2D eigenvalue weighted by atomic mass is 16.2. The monoisotopic (exact) mass is 235 g/mol.